The van der Waals surface area contributed by atoms with Crippen molar-refractivity contribution in [2.24, 2.45) is 0 Å². The Balaban J connectivity index is 1.46. The lowest BCUT2D eigenvalue weighted by molar-refractivity contribution is 0.0901. The zero-order chi connectivity index (χ0) is 21.1. The second-order valence-electron chi connectivity index (χ2n) is 7.42. The van der Waals surface area contributed by atoms with Gasteiger partial charge in [0.1, 0.15) is 5.76 Å². The van der Waals surface area contributed by atoms with Crippen LogP contribution < -0.4 is 5.32 Å². The summed E-state index contributed by atoms with van der Waals surface area (Å²) in [6.07, 6.45) is 3.85. The van der Waals surface area contributed by atoms with Crippen LogP contribution in [0.3, 0.4) is 0 Å². The molecule has 1 fully saturated rings. The molecule has 4 rings (SSSR count). The number of amides is 1. The molecule has 0 spiro atoms. The normalized spacial score (nSPS) is 15.9. The van der Waals surface area contributed by atoms with Gasteiger partial charge in [-0.3, -0.25) is 9.69 Å². The number of hydrogen-bond donors (Lipinski definition) is 1. The third kappa shape index (κ3) is 4.20. The smallest absolute Gasteiger partial charge is 0.287 e. The molecule has 158 valence electrons. The van der Waals surface area contributed by atoms with Gasteiger partial charge in [-0.05, 0) is 69.3 Å². The van der Waals surface area contributed by atoms with Crippen LogP contribution in [0.5, 0.6) is 0 Å². The Morgan fingerprint density at radius 2 is 1.83 bits per heavy atom. The monoisotopic (exact) mass is 428 g/mol. The number of rotatable bonds is 7. The highest BCUT2D eigenvalue weighted by Gasteiger charge is 2.27. The molecule has 1 amide bonds. The summed E-state index contributed by atoms with van der Waals surface area (Å²) in [5.41, 5.74) is 0.956. The van der Waals surface area contributed by atoms with E-state index in [1.165, 1.54) is 24.3 Å². The van der Waals surface area contributed by atoms with Crippen molar-refractivity contribution in [2.45, 2.75) is 35.8 Å². The third-order valence-electron chi connectivity index (χ3n) is 5.31. The molecule has 0 bridgehead atoms. The van der Waals surface area contributed by atoms with Crippen LogP contribution in [-0.2, 0) is 9.84 Å². The SMILES string of the molecule is Cc1ccc(S(=O)(=O)c2ccc(C(=O)NCC(c3ccco3)N3CCCC3)o2)cc1. The first-order valence-corrected chi connectivity index (χ1v) is 11.4. The van der Waals surface area contributed by atoms with Crippen LogP contribution in [0.25, 0.3) is 0 Å². The first-order chi connectivity index (χ1) is 14.4. The number of carbonyl (C=O) groups excluding carboxylic acids is 1. The van der Waals surface area contributed by atoms with Gasteiger partial charge in [-0.1, -0.05) is 17.7 Å². The summed E-state index contributed by atoms with van der Waals surface area (Å²) in [5, 5.41) is 2.60. The Kier molecular flexibility index (Phi) is 5.78. The summed E-state index contributed by atoms with van der Waals surface area (Å²) in [7, 11) is -3.82. The van der Waals surface area contributed by atoms with E-state index in [0.29, 0.717) is 6.54 Å². The number of aryl methyl sites for hydroxylation is 1. The number of nitrogens with one attached hydrogen (secondary N) is 1. The van der Waals surface area contributed by atoms with Crippen molar-refractivity contribution in [1.82, 2.24) is 10.2 Å². The lowest BCUT2D eigenvalue weighted by Crippen LogP contribution is -2.36. The standard InChI is InChI=1S/C22H24N2O5S/c1-16-6-8-17(9-7-16)30(26,27)21-11-10-20(29-21)22(25)23-15-18(19-5-4-14-28-19)24-12-2-3-13-24/h4-11,14,18H,2-3,12-13,15H2,1H3,(H,23,25). The van der Waals surface area contributed by atoms with E-state index in [1.54, 1.807) is 18.4 Å². The van der Waals surface area contributed by atoms with E-state index in [4.69, 9.17) is 8.83 Å². The molecule has 1 aliphatic rings. The molecule has 0 aliphatic carbocycles. The Morgan fingerprint density at radius 3 is 2.50 bits per heavy atom. The largest absolute Gasteiger partial charge is 0.468 e. The number of furan rings is 2. The van der Waals surface area contributed by atoms with Crippen molar-refractivity contribution in [3.8, 4) is 0 Å². The number of carbonyl (C=O) groups is 1. The maximum absolute atomic E-state index is 12.7. The van der Waals surface area contributed by atoms with E-state index >= 15 is 0 Å². The van der Waals surface area contributed by atoms with E-state index in [0.717, 1.165) is 37.3 Å². The number of sulfone groups is 1. The summed E-state index contributed by atoms with van der Waals surface area (Å²) < 4.78 is 36.4. The second kappa shape index (κ2) is 8.49. The molecule has 1 saturated heterocycles. The fourth-order valence-electron chi connectivity index (χ4n) is 3.64. The topological polar surface area (TPSA) is 92.8 Å². The summed E-state index contributed by atoms with van der Waals surface area (Å²) in [6.45, 7) is 4.11. The molecule has 8 heteroatoms. The van der Waals surface area contributed by atoms with Gasteiger partial charge < -0.3 is 14.2 Å². The molecule has 2 aromatic heterocycles. The van der Waals surface area contributed by atoms with Crippen molar-refractivity contribution in [3.05, 3.63) is 71.9 Å². The van der Waals surface area contributed by atoms with E-state index < -0.39 is 15.7 Å². The van der Waals surface area contributed by atoms with Gasteiger partial charge in [0.05, 0.1) is 17.2 Å². The molecule has 1 N–H and O–H groups in total. The van der Waals surface area contributed by atoms with Crippen LogP contribution in [0.4, 0.5) is 0 Å². The van der Waals surface area contributed by atoms with Crippen molar-refractivity contribution in [2.75, 3.05) is 19.6 Å². The second-order valence-corrected chi connectivity index (χ2v) is 9.30. The molecule has 1 unspecified atom stereocenters. The van der Waals surface area contributed by atoms with Crippen molar-refractivity contribution in [1.29, 1.82) is 0 Å². The Bertz CT molecular complexity index is 1090. The molecule has 3 heterocycles. The molecule has 7 nitrogen and oxygen atoms in total. The molecule has 3 aromatic rings. The molecular weight excluding hydrogens is 404 g/mol. The Hall–Kier alpha value is -2.84. The molecule has 0 saturated carbocycles. The maximum Gasteiger partial charge on any atom is 0.287 e. The Labute approximate surface area is 175 Å². The van der Waals surface area contributed by atoms with Gasteiger partial charge in [0, 0.05) is 6.54 Å². The minimum atomic E-state index is -3.82. The van der Waals surface area contributed by atoms with Gasteiger partial charge >= 0.3 is 0 Å². The van der Waals surface area contributed by atoms with Crippen molar-refractivity contribution in [3.63, 3.8) is 0 Å². The zero-order valence-corrected chi connectivity index (χ0v) is 17.5. The minimum absolute atomic E-state index is 0.0414. The first-order valence-electron chi connectivity index (χ1n) is 9.92. The first kappa shape index (κ1) is 20.4. The van der Waals surface area contributed by atoms with Crippen molar-refractivity contribution < 1.29 is 22.0 Å². The van der Waals surface area contributed by atoms with Gasteiger partial charge in [-0.2, -0.15) is 0 Å². The van der Waals surface area contributed by atoms with Crippen LogP contribution in [0.15, 0.2) is 73.6 Å². The zero-order valence-electron chi connectivity index (χ0n) is 16.7. The van der Waals surface area contributed by atoms with Crippen LogP contribution in [0.1, 0.15) is 40.8 Å². The average molecular weight is 429 g/mol. The fraction of sp³-hybridized carbons (Fsp3) is 0.318. The number of hydrogen-bond acceptors (Lipinski definition) is 6. The van der Waals surface area contributed by atoms with Crippen LogP contribution in [-0.4, -0.2) is 38.9 Å². The third-order valence-corrected chi connectivity index (χ3v) is 6.95. The lowest BCUT2D eigenvalue weighted by atomic mass is 10.2. The summed E-state index contributed by atoms with van der Waals surface area (Å²) in [5.74, 6) is 0.288. The quantitative estimate of drug-likeness (QED) is 0.618. The minimum Gasteiger partial charge on any atom is -0.468 e. The van der Waals surface area contributed by atoms with E-state index in [1.807, 2.05) is 19.1 Å². The van der Waals surface area contributed by atoms with Crippen LogP contribution in [0, 0.1) is 6.92 Å². The number of benzene rings is 1. The van der Waals surface area contributed by atoms with E-state index in [-0.39, 0.29) is 21.8 Å². The van der Waals surface area contributed by atoms with Gasteiger partial charge in [0.2, 0.25) is 14.9 Å². The van der Waals surface area contributed by atoms with E-state index in [2.05, 4.69) is 10.2 Å². The van der Waals surface area contributed by atoms with Gasteiger partial charge in [0.15, 0.2) is 5.76 Å². The summed E-state index contributed by atoms with van der Waals surface area (Å²) >= 11 is 0. The highest BCUT2D eigenvalue weighted by molar-refractivity contribution is 7.91. The molecule has 30 heavy (non-hydrogen) atoms. The van der Waals surface area contributed by atoms with Crippen molar-refractivity contribution >= 4 is 15.7 Å². The predicted octanol–water partition coefficient (Wildman–Crippen LogP) is 3.58. The highest BCUT2D eigenvalue weighted by atomic mass is 32.2. The number of nitrogens with zero attached hydrogens (tertiary/aromatic N) is 1. The number of likely N-dealkylation sites (tertiary alicyclic amines) is 1. The predicted molar refractivity (Wildman–Crippen MR) is 110 cm³/mol. The van der Waals surface area contributed by atoms with Crippen LogP contribution >= 0.6 is 0 Å². The summed E-state index contributed by atoms with van der Waals surface area (Å²) in [4.78, 5) is 15.0. The average Bonchev–Trinajstić information content (AvgIpc) is 3.50. The molecule has 1 aromatic carbocycles. The molecule has 1 atom stereocenters. The summed E-state index contributed by atoms with van der Waals surface area (Å²) in [6, 6.07) is 12.8. The van der Waals surface area contributed by atoms with Gasteiger partial charge in [0.25, 0.3) is 5.91 Å². The maximum atomic E-state index is 12.7. The molecule has 1 aliphatic heterocycles. The highest BCUT2D eigenvalue weighted by Crippen LogP contribution is 2.26. The lowest BCUT2D eigenvalue weighted by Gasteiger charge is -2.25. The van der Waals surface area contributed by atoms with Gasteiger partial charge in [-0.25, -0.2) is 8.42 Å². The molecule has 0 radical (unpaired) electrons. The van der Waals surface area contributed by atoms with Crippen LogP contribution in [0.2, 0.25) is 0 Å². The van der Waals surface area contributed by atoms with Gasteiger partial charge in [-0.15, -0.1) is 0 Å². The van der Waals surface area contributed by atoms with E-state index in [9.17, 15) is 13.2 Å². The Morgan fingerprint density at radius 1 is 1.10 bits per heavy atom. The fourth-order valence-corrected chi connectivity index (χ4v) is 4.81. The molecular formula is C22H24N2O5S.